The summed E-state index contributed by atoms with van der Waals surface area (Å²) in [5, 5.41) is 20.0. The van der Waals surface area contributed by atoms with Gasteiger partial charge >= 0.3 is 5.97 Å². The van der Waals surface area contributed by atoms with E-state index in [9.17, 15) is 14.9 Å². The number of fused-ring (bicyclic) bond motifs is 1. The van der Waals surface area contributed by atoms with Gasteiger partial charge in [-0.1, -0.05) is 0 Å². The first kappa shape index (κ1) is 10.2. The fourth-order valence-electron chi connectivity index (χ4n) is 1.64. The van der Waals surface area contributed by atoms with Crippen LogP contribution in [-0.4, -0.2) is 20.6 Å². The Kier molecular flexibility index (Phi) is 2.12. The lowest BCUT2D eigenvalue weighted by Gasteiger charge is -1.97. The van der Waals surface area contributed by atoms with Crippen molar-refractivity contribution in [1.82, 2.24) is 4.57 Å². The molecule has 6 heteroatoms. The van der Waals surface area contributed by atoms with E-state index in [0.29, 0.717) is 10.9 Å². The maximum atomic E-state index is 10.8. The first-order valence-corrected chi connectivity index (χ1v) is 4.47. The third-order valence-corrected chi connectivity index (χ3v) is 2.41. The van der Waals surface area contributed by atoms with E-state index in [4.69, 9.17) is 5.11 Å². The third kappa shape index (κ3) is 1.40. The molecule has 6 nitrogen and oxygen atoms in total. The van der Waals surface area contributed by atoms with Crippen LogP contribution in [0, 0.1) is 10.1 Å². The number of aromatic nitrogens is 1. The average molecular weight is 220 g/mol. The van der Waals surface area contributed by atoms with Crippen molar-refractivity contribution in [2.75, 3.05) is 0 Å². The van der Waals surface area contributed by atoms with Gasteiger partial charge in [-0.05, 0) is 18.2 Å². The van der Waals surface area contributed by atoms with Crippen LogP contribution in [0.4, 0.5) is 5.69 Å². The number of rotatable bonds is 2. The van der Waals surface area contributed by atoms with E-state index >= 15 is 0 Å². The van der Waals surface area contributed by atoms with Crippen molar-refractivity contribution in [1.29, 1.82) is 0 Å². The summed E-state index contributed by atoms with van der Waals surface area (Å²) >= 11 is 0. The van der Waals surface area contributed by atoms with Gasteiger partial charge < -0.3 is 9.67 Å². The van der Waals surface area contributed by atoms with Gasteiger partial charge in [0, 0.05) is 7.05 Å². The number of aryl methyl sites for hydroxylation is 1. The lowest BCUT2D eigenvalue weighted by atomic mass is 10.1. The molecule has 0 unspecified atom stereocenters. The van der Waals surface area contributed by atoms with Gasteiger partial charge in [0.1, 0.15) is 0 Å². The normalized spacial score (nSPS) is 10.6. The molecule has 82 valence electrons. The summed E-state index contributed by atoms with van der Waals surface area (Å²) in [5.41, 5.74) is 0.629. The molecule has 2 rings (SSSR count). The number of carbonyl (C=O) groups is 1. The van der Waals surface area contributed by atoms with Crippen LogP contribution in [0.25, 0.3) is 10.9 Å². The highest BCUT2D eigenvalue weighted by Crippen LogP contribution is 2.27. The topological polar surface area (TPSA) is 85.4 Å². The molecule has 0 atom stereocenters. The Hall–Kier alpha value is -2.37. The molecular weight excluding hydrogens is 212 g/mol. The smallest absolute Gasteiger partial charge is 0.335 e. The Balaban J connectivity index is 2.76. The zero-order valence-corrected chi connectivity index (χ0v) is 8.38. The van der Waals surface area contributed by atoms with Crippen LogP contribution in [0.2, 0.25) is 0 Å². The molecule has 0 aliphatic carbocycles. The summed E-state index contributed by atoms with van der Waals surface area (Å²) < 4.78 is 1.54. The standard InChI is InChI=1S/C10H8N2O4/c1-11-5-9(12(15)16)7-3-2-6(10(13)14)4-8(7)11/h2-5H,1H3,(H,13,14). The Morgan fingerprint density at radius 2 is 2.19 bits per heavy atom. The third-order valence-electron chi connectivity index (χ3n) is 2.41. The number of benzene rings is 1. The van der Waals surface area contributed by atoms with Crippen molar-refractivity contribution in [2.45, 2.75) is 0 Å². The number of carboxylic acid groups (broad SMARTS) is 1. The number of carboxylic acids is 1. The van der Waals surface area contributed by atoms with E-state index in [1.54, 1.807) is 11.6 Å². The van der Waals surface area contributed by atoms with E-state index < -0.39 is 10.9 Å². The Morgan fingerprint density at radius 3 is 2.75 bits per heavy atom. The lowest BCUT2D eigenvalue weighted by molar-refractivity contribution is -0.383. The highest BCUT2D eigenvalue weighted by Gasteiger charge is 2.17. The Labute approximate surface area is 89.9 Å². The molecule has 0 aliphatic rings. The van der Waals surface area contributed by atoms with Gasteiger partial charge in [-0.25, -0.2) is 4.79 Å². The summed E-state index contributed by atoms with van der Waals surface area (Å²) in [4.78, 5) is 21.0. The maximum absolute atomic E-state index is 10.8. The summed E-state index contributed by atoms with van der Waals surface area (Å²) in [5.74, 6) is -1.05. The Bertz CT molecular complexity index is 600. The summed E-state index contributed by atoms with van der Waals surface area (Å²) in [7, 11) is 1.64. The van der Waals surface area contributed by atoms with Crippen molar-refractivity contribution in [3.05, 3.63) is 40.1 Å². The number of hydrogen-bond donors (Lipinski definition) is 1. The van der Waals surface area contributed by atoms with Crippen molar-refractivity contribution in [3.63, 3.8) is 0 Å². The van der Waals surface area contributed by atoms with Crippen LogP contribution < -0.4 is 0 Å². The molecule has 1 aromatic carbocycles. The van der Waals surface area contributed by atoms with Crippen molar-refractivity contribution in [3.8, 4) is 0 Å². The monoisotopic (exact) mass is 220 g/mol. The fourth-order valence-corrected chi connectivity index (χ4v) is 1.64. The zero-order valence-electron chi connectivity index (χ0n) is 8.38. The predicted octanol–water partition coefficient (Wildman–Crippen LogP) is 1.78. The SMILES string of the molecule is Cn1cc([N+](=O)[O-])c2ccc(C(=O)O)cc21. The van der Waals surface area contributed by atoms with Crippen molar-refractivity contribution >= 4 is 22.6 Å². The highest BCUT2D eigenvalue weighted by molar-refractivity contribution is 5.96. The molecule has 1 heterocycles. The van der Waals surface area contributed by atoms with E-state index in [0.717, 1.165) is 0 Å². The van der Waals surface area contributed by atoms with Crippen LogP contribution >= 0.6 is 0 Å². The van der Waals surface area contributed by atoms with E-state index in [2.05, 4.69) is 0 Å². The number of aromatic carboxylic acids is 1. The first-order chi connectivity index (χ1) is 7.50. The van der Waals surface area contributed by atoms with Gasteiger partial charge in [0.05, 0.1) is 27.6 Å². The molecule has 0 fully saturated rings. The highest BCUT2D eigenvalue weighted by atomic mass is 16.6. The van der Waals surface area contributed by atoms with E-state index in [1.165, 1.54) is 24.4 Å². The molecule has 1 N–H and O–H groups in total. The second-order valence-electron chi connectivity index (χ2n) is 3.42. The number of nitrogens with zero attached hydrogens (tertiary/aromatic N) is 2. The van der Waals surface area contributed by atoms with Crippen molar-refractivity contribution in [2.24, 2.45) is 7.05 Å². The molecule has 0 saturated heterocycles. The fraction of sp³-hybridized carbons (Fsp3) is 0.100. The minimum atomic E-state index is -1.05. The molecule has 0 aliphatic heterocycles. The quantitative estimate of drug-likeness (QED) is 0.617. The van der Waals surface area contributed by atoms with Crippen LogP contribution in [0.5, 0.6) is 0 Å². The van der Waals surface area contributed by atoms with Gasteiger partial charge in [-0.3, -0.25) is 10.1 Å². The molecule has 0 bridgehead atoms. The summed E-state index contributed by atoms with van der Waals surface area (Å²) in [6, 6.07) is 4.24. The van der Waals surface area contributed by atoms with Crippen molar-refractivity contribution < 1.29 is 14.8 Å². The first-order valence-electron chi connectivity index (χ1n) is 4.47. The van der Waals surface area contributed by atoms with Gasteiger partial charge in [0.2, 0.25) is 0 Å². The summed E-state index contributed by atoms with van der Waals surface area (Å²) in [6.45, 7) is 0. The maximum Gasteiger partial charge on any atom is 0.335 e. The minimum absolute atomic E-state index is 0.0190. The molecule has 0 amide bonds. The second-order valence-corrected chi connectivity index (χ2v) is 3.42. The predicted molar refractivity (Wildman–Crippen MR) is 56.5 cm³/mol. The van der Waals surface area contributed by atoms with Crippen LogP contribution in [0.3, 0.4) is 0 Å². The number of nitro groups is 1. The Morgan fingerprint density at radius 1 is 1.50 bits per heavy atom. The molecule has 16 heavy (non-hydrogen) atoms. The van der Waals surface area contributed by atoms with Crippen LogP contribution in [-0.2, 0) is 7.05 Å². The van der Waals surface area contributed by atoms with E-state index in [-0.39, 0.29) is 11.3 Å². The molecule has 0 radical (unpaired) electrons. The second kappa shape index (κ2) is 3.34. The zero-order chi connectivity index (χ0) is 11.9. The van der Waals surface area contributed by atoms with Crippen LogP contribution in [0.1, 0.15) is 10.4 Å². The van der Waals surface area contributed by atoms with Crippen LogP contribution in [0.15, 0.2) is 24.4 Å². The molecule has 0 saturated carbocycles. The van der Waals surface area contributed by atoms with Gasteiger partial charge in [0.25, 0.3) is 5.69 Å². The minimum Gasteiger partial charge on any atom is -0.478 e. The number of hydrogen-bond acceptors (Lipinski definition) is 3. The van der Waals surface area contributed by atoms with Gasteiger partial charge in [-0.2, -0.15) is 0 Å². The van der Waals surface area contributed by atoms with E-state index in [1.807, 2.05) is 0 Å². The molecule has 1 aromatic heterocycles. The summed E-state index contributed by atoms with van der Waals surface area (Å²) in [6.07, 6.45) is 1.37. The molecular formula is C10H8N2O4. The lowest BCUT2D eigenvalue weighted by Crippen LogP contribution is -1.96. The molecule has 2 aromatic rings. The largest absolute Gasteiger partial charge is 0.478 e. The average Bonchev–Trinajstić information content (AvgIpc) is 2.56. The molecule has 0 spiro atoms. The van der Waals surface area contributed by atoms with Gasteiger partial charge in [0.15, 0.2) is 0 Å². The van der Waals surface area contributed by atoms with Gasteiger partial charge in [-0.15, -0.1) is 0 Å².